The van der Waals surface area contributed by atoms with Crippen LogP contribution in [-0.2, 0) is 24.9 Å². The average molecular weight is 397 g/mol. The number of benzene rings is 2. The van der Waals surface area contributed by atoms with Crippen LogP contribution in [0.15, 0.2) is 48.5 Å². The minimum absolute atomic E-state index is 0. The Morgan fingerprint density at radius 3 is 2.11 bits per heavy atom. The van der Waals surface area contributed by atoms with Crippen LogP contribution in [0.5, 0.6) is 0 Å². The van der Waals surface area contributed by atoms with Crippen molar-refractivity contribution < 1.29 is 28.1 Å². The van der Waals surface area contributed by atoms with Crippen molar-refractivity contribution in [1.82, 2.24) is 0 Å². The number of hydrogen-bond donors (Lipinski definition) is 0. The Kier molecular flexibility index (Phi) is 18.4. The summed E-state index contributed by atoms with van der Waals surface area (Å²) in [5.74, 6) is 0.0827. The van der Waals surface area contributed by atoms with Crippen LogP contribution in [0, 0.1) is 6.07 Å². The number of rotatable bonds is 8. The van der Waals surface area contributed by atoms with Gasteiger partial charge in [-0.25, -0.2) is 0 Å². The topological polar surface area (TPSA) is 34.1 Å². The van der Waals surface area contributed by atoms with Crippen molar-refractivity contribution in [3.8, 4) is 0 Å². The van der Waals surface area contributed by atoms with Gasteiger partial charge in [-0.2, -0.15) is 0 Å². The van der Waals surface area contributed by atoms with Gasteiger partial charge in [-0.3, -0.25) is 4.79 Å². The van der Waals surface area contributed by atoms with Gasteiger partial charge in [0.05, 0.1) is 13.0 Å². The van der Waals surface area contributed by atoms with Crippen LogP contribution in [-0.4, -0.2) is 26.5 Å². The number of carbonyl (C=O) groups excluding carboxylic acids is 2. The molecule has 2 nitrogen and oxygen atoms in total. The Labute approximate surface area is 179 Å². The van der Waals surface area contributed by atoms with Crippen LogP contribution in [0.25, 0.3) is 0 Å². The predicted molar refractivity (Wildman–Crippen MR) is 112 cm³/mol. The van der Waals surface area contributed by atoms with Crippen molar-refractivity contribution in [2.75, 3.05) is 0 Å². The predicted octanol–water partition coefficient (Wildman–Crippen LogP) is 5.06. The van der Waals surface area contributed by atoms with Gasteiger partial charge in [-0.05, 0) is 18.4 Å². The van der Waals surface area contributed by atoms with Crippen LogP contribution < -0.4 is 0 Å². The second-order valence-electron chi connectivity index (χ2n) is 5.07. The fraction of sp³-hybridized carbons (Fsp3) is 0.364. The standard InChI is InChI=1S/C18H16B2O2.2C2H6.V/c19-20-13-15-9-4-5-10-16(15)18(22)12-6-11-17(21)14-7-2-1-3-8-14;2*1-2;/h1-5,7,9-10H,6,11-13H2;2*1-2H3;/q-1;;;. The molecule has 0 amide bonds. The summed E-state index contributed by atoms with van der Waals surface area (Å²) in [6.45, 7) is 8.00. The minimum atomic E-state index is 0. The molecule has 0 heterocycles. The monoisotopic (exact) mass is 397 g/mol. The molecule has 0 aliphatic rings. The zero-order chi connectivity index (χ0) is 19.8. The summed E-state index contributed by atoms with van der Waals surface area (Å²) in [6.07, 6.45) is 1.83. The van der Waals surface area contributed by atoms with Gasteiger partial charge in [0.25, 0.3) is 0 Å². The first kappa shape index (κ1) is 27.7. The van der Waals surface area contributed by atoms with Crippen molar-refractivity contribution in [3.05, 3.63) is 71.3 Å². The third-order valence-corrected chi connectivity index (χ3v) is 3.47. The first-order valence-corrected chi connectivity index (χ1v) is 9.37. The molecule has 0 aliphatic heterocycles. The normalized spacial score (nSPS) is 8.74. The Balaban J connectivity index is 0. The molecule has 0 atom stereocenters. The van der Waals surface area contributed by atoms with Crippen molar-refractivity contribution in [3.63, 3.8) is 0 Å². The molecule has 2 aromatic rings. The number of carbonyl (C=O) groups is 2. The zero-order valence-corrected chi connectivity index (χ0v) is 18.3. The third kappa shape index (κ3) is 10.4. The summed E-state index contributed by atoms with van der Waals surface area (Å²) >= 11 is 0. The van der Waals surface area contributed by atoms with Gasteiger partial charge < -0.3 is 4.79 Å². The molecule has 0 aromatic heterocycles. The summed E-state index contributed by atoms with van der Waals surface area (Å²) in [7, 11) is 6.99. The Hall–Kier alpha value is -1.51. The van der Waals surface area contributed by atoms with Crippen LogP contribution in [0.1, 0.15) is 73.2 Å². The molecule has 0 aliphatic carbocycles. The second kappa shape index (κ2) is 17.9. The number of ketones is 2. The fourth-order valence-corrected chi connectivity index (χ4v) is 2.34. The van der Waals surface area contributed by atoms with E-state index in [2.05, 4.69) is 6.07 Å². The molecule has 0 saturated carbocycles. The van der Waals surface area contributed by atoms with Crippen molar-refractivity contribution in [2.24, 2.45) is 0 Å². The Morgan fingerprint density at radius 2 is 1.52 bits per heavy atom. The maximum atomic E-state index is 12.3. The molecule has 0 N–H and O–H groups in total. The molecule has 140 valence electrons. The smallest absolute Gasteiger partial charge is 0.163 e. The van der Waals surface area contributed by atoms with Gasteiger partial charge in [0.15, 0.2) is 5.78 Å². The van der Waals surface area contributed by atoms with Crippen molar-refractivity contribution in [1.29, 1.82) is 0 Å². The van der Waals surface area contributed by atoms with E-state index in [1.54, 1.807) is 19.3 Å². The van der Waals surface area contributed by atoms with Gasteiger partial charge in [0, 0.05) is 38.3 Å². The van der Waals surface area contributed by atoms with E-state index in [4.69, 9.17) is 7.74 Å². The fourth-order valence-electron chi connectivity index (χ4n) is 2.34. The quantitative estimate of drug-likeness (QED) is 0.355. The van der Waals surface area contributed by atoms with Crippen LogP contribution >= 0.6 is 0 Å². The van der Waals surface area contributed by atoms with Gasteiger partial charge >= 0.3 is 0 Å². The summed E-state index contributed by atoms with van der Waals surface area (Å²) in [5.41, 5.74) is 2.20. The summed E-state index contributed by atoms with van der Waals surface area (Å²) < 4.78 is 0. The molecule has 4 radical (unpaired) electrons. The first-order chi connectivity index (χ1) is 12.7. The van der Waals surface area contributed by atoms with E-state index >= 15 is 0 Å². The molecule has 0 unspecified atom stereocenters. The summed E-state index contributed by atoms with van der Waals surface area (Å²) in [6, 6.07) is 17.5. The molecule has 0 saturated heterocycles. The molecule has 2 rings (SSSR count). The molecule has 0 fully saturated rings. The van der Waals surface area contributed by atoms with E-state index in [-0.39, 0.29) is 30.1 Å². The van der Waals surface area contributed by atoms with Gasteiger partial charge in [-0.1, -0.05) is 58.3 Å². The maximum absolute atomic E-state index is 12.3. The summed E-state index contributed by atoms with van der Waals surface area (Å²) in [5, 5.41) is 0. The van der Waals surface area contributed by atoms with Crippen LogP contribution in [0.2, 0.25) is 0 Å². The Morgan fingerprint density at radius 1 is 0.926 bits per heavy atom. The van der Waals surface area contributed by atoms with Gasteiger partial charge in [0.2, 0.25) is 0 Å². The number of Topliss-reactive ketones (excluding diaryl/α,β-unsaturated/α-hetero) is 2. The van der Waals surface area contributed by atoms with Crippen molar-refractivity contribution >= 4 is 26.5 Å². The van der Waals surface area contributed by atoms with Crippen LogP contribution in [0.3, 0.4) is 0 Å². The largest absolute Gasteiger partial charge is 0.352 e. The SMILES string of the molecule is CC.CC.[B][B]Cc1ccccc1C(=O)CCCC(=O)c1[c-]cccc1.[V]. The van der Waals surface area contributed by atoms with E-state index in [0.29, 0.717) is 36.7 Å². The van der Waals surface area contributed by atoms with E-state index in [1.807, 2.05) is 64.1 Å². The molecule has 0 spiro atoms. The molecule has 0 bridgehead atoms. The summed E-state index contributed by atoms with van der Waals surface area (Å²) in [4.78, 5) is 24.3. The maximum Gasteiger partial charge on any atom is 0.163 e. The Bertz CT molecular complexity index is 646. The van der Waals surface area contributed by atoms with Crippen molar-refractivity contribution in [2.45, 2.75) is 53.3 Å². The average Bonchev–Trinajstić information content (AvgIpc) is 2.72. The van der Waals surface area contributed by atoms with E-state index in [9.17, 15) is 9.59 Å². The van der Waals surface area contributed by atoms with Gasteiger partial charge in [-0.15, -0.1) is 35.9 Å². The van der Waals surface area contributed by atoms with Crippen LogP contribution in [0.4, 0.5) is 0 Å². The number of hydrogen-bond acceptors (Lipinski definition) is 2. The minimum Gasteiger partial charge on any atom is -0.352 e. The molecular weight excluding hydrogens is 369 g/mol. The molecular formula is C22H28B2O2V-. The third-order valence-electron chi connectivity index (χ3n) is 3.47. The molecule has 5 heteroatoms. The second-order valence-corrected chi connectivity index (χ2v) is 5.07. The van der Waals surface area contributed by atoms with Gasteiger partial charge in [0.1, 0.15) is 0 Å². The molecule has 2 aromatic carbocycles. The first-order valence-electron chi connectivity index (χ1n) is 9.37. The zero-order valence-electron chi connectivity index (χ0n) is 16.9. The van der Waals surface area contributed by atoms with E-state index < -0.39 is 0 Å². The molecule has 27 heavy (non-hydrogen) atoms. The van der Waals surface area contributed by atoms with E-state index in [1.165, 1.54) is 0 Å². The van der Waals surface area contributed by atoms with E-state index in [0.717, 1.165) is 5.56 Å².